The first-order valence-corrected chi connectivity index (χ1v) is 8.12. The van der Waals surface area contributed by atoms with Crippen LogP contribution in [0.25, 0.3) is 0 Å². The van der Waals surface area contributed by atoms with E-state index in [1.807, 2.05) is 36.0 Å². The summed E-state index contributed by atoms with van der Waals surface area (Å²) in [4.78, 5) is 18.5. The Labute approximate surface area is 132 Å². The van der Waals surface area contributed by atoms with E-state index >= 15 is 0 Å². The van der Waals surface area contributed by atoms with E-state index in [-0.39, 0.29) is 5.91 Å². The standard InChI is InChI=1S/C15H18N4O2S/c1-3-19-10(2)12(9-17-19)13-7-14(21-18-13)15(20)16-8-11-5-4-6-22-11/h4-6,9,14H,3,7-8H2,1-2H3,(H,16,20)/t14-/m0/s1. The van der Waals surface area contributed by atoms with Crippen LogP contribution < -0.4 is 5.32 Å². The van der Waals surface area contributed by atoms with Gasteiger partial charge >= 0.3 is 0 Å². The quantitative estimate of drug-likeness (QED) is 0.918. The molecule has 22 heavy (non-hydrogen) atoms. The second-order valence-corrected chi connectivity index (χ2v) is 6.12. The number of carbonyl (C=O) groups excluding carboxylic acids is 1. The van der Waals surface area contributed by atoms with E-state index in [4.69, 9.17) is 4.84 Å². The summed E-state index contributed by atoms with van der Waals surface area (Å²) in [5, 5.41) is 13.2. The molecule has 0 aliphatic carbocycles. The molecule has 0 radical (unpaired) electrons. The summed E-state index contributed by atoms with van der Waals surface area (Å²) in [6.07, 6.45) is 1.71. The van der Waals surface area contributed by atoms with Gasteiger partial charge in [0.05, 0.1) is 18.5 Å². The van der Waals surface area contributed by atoms with Crippen LogP contribution in [0.4, 0.5) is 0 Å². The number of carbonyl (C=O) groups is 1. The highest BCUT2D eigenvalue weighted by Gasteiger charge is 2.30. The van der Waals surface area contributed by atoms with Crippen molar-refractivity contribution in [3.63, 3.8) is 0 Å². The first-order valence-electron chi connectivity index (χ1n) is 7.24. The van der Waals surface area contributed by atoms with Crippen molar-refractivity contribution >= 4 is 23.0 Å². The van der Waals surface area contributed by atoms with Gasteiger partial charge in [0, 0.05) is 29.1 Å². The van der Waals surface area contributed by atoms with Crippen molar-refractivity contribution in [1.82, 2.24) is 15.1 Å². The molecule has 3 heterocycles. The number of aromatic nitrogens is 2. The molecule has 1 atom stereocenters. The Kier molecular flexibility index (Phi) is 4.24. The van der Waals surface area contributed by atoms with Crippen molar-refractivity contribution in [3.8, 4) is 0 Å². The second-order valence-electron chi connectivity index (χ2n) is 5.09. The lowest BCUT2D eigenvalue weighted by molar-refractivity contribution is -0.131. The third kappa shape index (κ3) is 2.89. The van der Waals surface area contributed by atoms with Gasteiger partial charge in [-0.15, -0.1) is 11.3 Å². The van der Waals surface area contributed by atoms with E-state index in [1.165, 1.54) is 0 Å². The highest BCUT2D eigenvalue weighted by Crippen LogP contribution is 2.19. The van der Waals surface area contributed by atoms with Crippen LogP contribution in [-0.2, 0) is 22.7 Å². The lowest BCUT2D eigenvalue weighted by Gasteiger charge is -2.08. The van der Waals surface area contributed by atoms with Crippen LogP contribution in [0, 0.1) is 6.92 Å². The molecule has 0 spiro atoms. The maximum absolute atomic E-state index is 12.1. The maximum atomic E-state index is 12.1. The van der Waals surface area contributed by atoms with E-state index in [0.717, 1.165) is 28.4 Å². The van der Waals surface area contributed by atoms with E-state index in [9.17, 15) is 4.79 Å². The van der Waals surface area contributed by atoms with E-state index in [2.05, 4.69) is 15.6 Å². The highest BCUT2D eigenvalue weighted by molar-refractivity contribution is 7.09. The van der Waals surface area contributed by atoms with Gasteiger partial charge < -0.3 is 10.2 Å². The number of oxime groups is 1. The number of aryl methyl sites for hydroxylation is 1. The minimum Gasteiger partial charge on any atom is -0.382 e. The number of amides is 1. The van der Waals surface area contributed by atoms with Gasteiger partial charge in [-0.25, -0.2) is 0 Å². The van der Waals surface area contributed by atoms with Gasteiger partial charge in [0.15, 0.2) is 0 Å². The molecule has 116 valence electrons. The van der Waals surface area contributed by atoms with Crippen molar-refractivity contribution in [2.24, 2.45) is 5.16 Å². The fourth-order valence-electron chi connectivity index (χ4n) is 2.43. The molecule has 1 amide bonds. The summed E-state index contributed by atoms with van der Waals surface area (Å²) in [6, 6.07) is 3.96. The van der Waals surface area contributed by atoms with E-state index in [1.54, 1.807) is 17.5 Å². The largest absolute Gasteiger partial charge is 0.382 e. The van der Waals surface area contributed by atoms with Crippen molar-refractivity contribution in [3.05, 3.63) is 39.8 Å². The normalized spacial score (nSPS) is 17.2. The smallest absolute Gasteiger partial charge is 0.264 e. The minimum absolute atomic E-state index is 0.132. The van der Waals surface area contributed by atoms with Crippen LogP contribution in [0.5, 0.6) is 0 Å². The van der Waals surface area contributed by atoms with Crippen molar-refractivity contribution in [2.45, 2.75) is 39.5 Å². The molecule has 1 aliphatic heterocycles. The number of thiophene rings is 1. The van der Waals surface area contributed by atoms with E-state index in [0.29, 0.717) is 13.0 Å². The van der Waals surface area contributed by atoms with Gasteiger partial charge in [0.1, 0.15) is 0 Å². The molecule has 0 saturated heterocycles. The molecule has 7 heteroatoms. The predicted octanol–water partition coefficient (Wildman–Crippen LogP) is 2.08. The Balaban J connectivity index is 1.59. The zero-order valence-corrected chi connectivity index (χ0v) is 13.4. The van der Waals surface area contributed by atoms with Gasteiger partial charge in [-0.05, 0) is 25.3 Å². The Morgan fingerprint density at radius 1 is 1.59 bits per heavy atom. The first-order chi connectivity index (χ1) is 10.7. The van der Waals surface area contributed by atoms with Crippen molar-refractivity contribution < 1.29 is 9.63 Å². The Hall–Kier alpha value is -2.15. The third-order valence-electron chi connectivity index (χ3n) is 3.69. The molecule has 2 aromatic rings. The molecular formula is C15H18N4O2S. The highest BCUT2D eigenvalue weighted by atomic mass is 32.1. The number of hydrogen-bond acceptors (Lipinski definition) is 5. The van der Waals surface area contributed by atoms with Gasteiger partial charge in [-0.2, -0.15) is 5.10 Å². The topological polar surface area (TPSA) is 68.5 Å². The number of hydrogen-bond donors (Lipinski definition) is 1. The summed E-state index contributed by atoms with van der Waals surface area (Å²) in [7, 11) is 0. The molecule has 2 aromatic heterocycles. The summed E-state index contributed by atoms with van der Waals surface area (Å²) >= 11 is 1.62. The van der Waals surface area contributed by atoms with Crippen molar-refractivity contribution in [2.75, 3.05) is 0 Å². The molecule has 1 N–H and O–H groups in total. The molecule has 0 aromatic carbocycles. The van der Waals surface area contributed by atoms with Gasteiger partial charge in [0.25, 0.3) is 5.91 Å². The zero-order chi connectivity index (χ0) is 15.5. The van der Waals surface area contributed by atoms with Crippen molar-refractivity contribution in [1.29, 1.82) is 0 Å². The average molecular weight is 318 g/mol. The van der Waals surface area contributed by atoms with Crippen LogP contribution in [-0.4, -0.2) is 27.5 Å². The summed E-state index contributed by atoms with van der Waals surface area (Å²) < 4.78 is 1.90. The number of nitrogens with zero attached hydrogens (tertiary/aromatic N) is 3. The predicted molar refractivity (Wildman–Crippen MR) is 84.8 cm³/mol. The van der Waals surface area contributed by atoms with Gasteiger partial charge in [-0.3, -0.25) is 9.48 Å². The minimum atomic E-state index is -0.556. The van der Waals surface area contributed by atoms with Crippen LogP contribution in [0.1, 0.15) is 29.5 Å². The Bertz CT molecular complexity index is 690. The molecular weight excluding hydrogens is 300 g/mol. The zero-order valence-electron chi connectivity index (χ0n) is 12.6. The first kappa shape index (κ1) is 14.8. The molecule has 0 fully saturated rings. The fraction of sp³-hybridized carbons (Fsp3) is 0.400. The second kappa shape index (κ2) is 6.31. The lowest BCUT2D eigenvalue weighted by Crippen LogP contribution is -2.34. The Morgan fingerprint density at radius 2 is 2.45 bits per heavy atom. The molecule has 0 saturated carbocycles. The third-order valence-corrected chi connectivity index (χ3v) is 4.57. The lowest BCUT2D eigenvalue weighted by atomic mass is 10.1. The monoisotopic (exact) mass is 318 g/mol. The maximum Gasteiger partial charge on any atom is 0.264 e. The van der Waals surface area contributed by atoms with E-state index < -0.39 is 6.10 Å². The van der Waals surface area contributed by atoms with Gasteiger partial charge in [0.2, 0.25) is 6.10 Å². The average Bonchev–Trinajstić information content (AvgIpc) is 3.25. The summed E-state index contributed by atoms with van der Waals surface area (Å²) in [5.74, 6) is -0.132. The SMILES string of the molecule is CCn1ncc(C2=NO[C@H](C(=O)NCc3cccs3)C2)c1C. The number of rotatable bonds is 5. The summed E-state index contributed by atoms with van der Waals surface area (Å²) in [6.45, 7) is 5.37. The molecule has 0 unspecified atom stereocenters. The summed E-state index contributed by atoms with van der Waals surface area (Å²) in [5.41, 5.74) is 2.79. The Morgan fingerprint density at radius 3 is 3.14 bits per heavy atom. The van der Waals surface area contributed by atoms with Crippen LogP contribution in [0.2, 0.25) is 0 Å². The van der Waals surface area contributed by atoms with Gasteiger partial charge in [-0.1, -0.05) is 11.2 Å². The molecule has 3 rings (SSSR count). The van der Waals surface area contributed by atoms with Crippen LogP contribution in [0.15, 0.2) is 28.9 Å². The molecule has 1 aliphatic rings. The molecule has 6 nitrogen and oxygen atoms in total. The molecule has 0 bridgehead atoms. The fourth-order valence-corrected chi connectivity index (χ4v) is 3.07. The van der Waals surface area contributed by atoms with Crippen LogP contribution in [0.3, 0.4) is 0 Å². The van der Waals surface area contributed by atoms with Crippen LogP contribution >= 0.6 is 11.3 Å². The number of nitrogens with one attached hydrogen (secondary N) is 1.